The number of rotatable bonds is 5. The van der Waals surface area contributed by atoms with E-state index in [1.807, 2.05) is 0 Å². The Balaban J connectivity index is 2.45. The largest absolute Gasteiger partial charge is 0.573 e. The second-order valence-corrected chi connectivity index (χ2v) is 4.68. The second-order valence-electron chi connectivity index (χ2n) is 4.68. The lowest BCUT2D eigenvalue weighted by Gasteiger charge is -2.15. The van der Waals surface area contributed by atoms with Gasteiger partial charge in [-0.1, -0.05) is 24.3 Å². The number of ether oxygens (including phenoxy) is 3. The van der Waals surface area contributed by atoms with Crippen molar-refractivity contribution in [2.45, 2.75) is 13.3 Å². The Labute approximate surface area is 136 Å². The third kappa shape index (κ3) is 4.18. The van der Waals surface area contributed by atoms with Gasteiger partial charge >= 0.3 is 12.3 Å². The predicted octanol–water partition coefficient (Wildman–Crippen LogP) is 4.44. The summed E-state index contributed by atoms with van der Waals surface area (Å²) in [5.41, 5.74) is 0.834. The minimum atomic E-state index is -4.80. The highest BCUT2D eigenvalue weighted by molar-refractivity contribution is 5.93. The molecule has 0 saturated heterocycles. The third-order valence-electron chi connectivity index (χ3n) is 3.12. The van der Waals surface area contributed by atoms with E-state index in [2.05, 4.69) is 4.74 Å². The Kier molecular flexibility index (Phi) is 5.33. The second kappa shape index (κ2) is 7.25. The molecule has 0 bridgehead atoms. The maximum atomic E-state index is 12.5. The number of esters is 1. The molecule has 2 aromatic carbocycles. The Morgan fingerprint density at radius 3 is 2.42 bits per heavy atom. The summed E-state index contributed by atoms with van der Waals surface area (Å²) in [6.45, 7) is 1.87. The van der Waals surface area contributed by atoms with Gasteiger partial charge in [0.15, 0.2) is 0 Å². The molecule has 0 aliphatic rings. The van der Waals surface area contributed by atoms with Crippen LogP contribution in [0.3, 0.4) is 0 Å². The van der Waals surface area contributed by atoms with Crippen molar-refractivity contribution in [1.82, 2.24) is 0 Å². The van der Waals surface area contributed by atoms with Gasteiger partial charge < -0.3 is 14.2 Å². The third-order valence-corrected chi connectivity index (χ3v) is 3.12. The molecule has 4 nitrogen and oxygen atoms in total. The Bertz CT molecular complexity index is 726. The lowest BCUT2D eigenvalue weighted by Crippen LogP contribution is -2.17. The smallest absolute Gasteiger partial charge is 0.496 e. The molecule has 7 heteroatoms. The van der Waals surface area contributed by atoms with Crippen LogP contribution < -0.4 is 9.47 Å². The molecular formula is C17H15F3O4. The zero-order chi connectivity index (χ0) is 17.7. The van der Waals surface area contributed by atoms with Crippen molar-refractivity contribution in [2.24, 2.45) is 0 Å². The molecule has 0 amide bonds. The van der Waals surface area contributed by atoms with Crippen molar-refractivity contribution in [1.29, 1.82) is 0 Å². The number of hydrogen-bond donors (Lipinski definition) is 0. The maximum absolute atomic E-state index is 12.5. The SMILES string of the molecule is CCOC(=O)c1ccc(-c2ccccc2OC(F)(F)F)cc1OC. The summed E-state index contributed by atoms with van der Waals surface area (Å²) >= 11 is 0. The molecule has 0 unspecified atom stereocenters. The first-order valence-electron chi connectivity index (χ1n) is 7.06. The van der Waals surface area contributed by atoms with Gasteiger partial charge in [-0.15, -0.1) is 13.2 Å². The van der Waals surface area contributed by atoms with Gasteiger partial charge in [-0.25, -0.2) is 4.79 Å². The van der Waals surface area contributed by atoms with Crippen LogP contribution in [-0.4, -0.2) is 26.0 Å². The summed E-state index contributed by atoms with van der Waals surface area (Å²) in [5, 5.41) is 0. The van der Waals surface area contributed by atoms with Gasteiger partial charge in [-0.05, 0) is 30.7 Å². The summed E-state index contributed by atoms with van der Waals surface area (Å²) < 4.78 is 51.7. The normalized spacial score (nSPS) is 11.0. The quantitative estimate of drug-likeness (QED) is 0.755. The maximum Gasteiger partial charge on any atom is 0.573 e. The first-order chi connectivity index (χ1) is 11.4. The van der Waals surface area contributed by atoms with Crippen LogP contribution in [0.5, 0.6) is 11.5 Å². The summed E-state index contributed by atoms with van der Waals surface area (Å²) in [7, 11) is 1.36. The van der Waals surface area contributed by atoms with Crippen molar-refractivity contribution >= 4 is 5.97 Å². The van der Waals surface area contributed by atoms with E-state index in [-0.39, 0.29) is 29.2 Å². The molecule has 128 valence electrons. The van der Waals surface area contributed by atoms with Crippen molar-refractivity contribution in [3.8, 4) is 22.6 Å². The van der Waals surface area contributed by atoms with Gasteiger partial charge in [0.05, 0.1) is 13.7 Å². The number of alkyl halides is 3. The van der Waals surface area contributed by atoms with Gasteiger partial charge in [0, 0.05) is 5.56 Å². The molecule has 2 rings (SSSR count). The van der Waals surface area contributed by atoms with Crippen molar-refractivity contribution in [2.75, 3.05) is 13.7 Å². The fourth-order valence-electron chi connectivity index (χ4n) is 2.16. The van der Waals surface area contributed by atoms with E-state index in [0.29, 0.717) is 5.56 Å². The lowest BCUT2D eigenvalue weighted by molar-refractivity contribution is -0.274. The average Bonchev–Trinajstić information content (AvgIpc) is 2.53. The van der Waals surface area contributed by atoms with Crippen LogP contribution in [0, 0.1) is 0 Å². The van der Waals surface area contributed by atoms with E-state index in [0.717, 1.165) is 0 Å². The number of halogens is 3. The van der Waals surface area contributed by atoms with Crippen LogP contribution in [0.15, 0.2) is 42.5 Å². The van der Waals surface area contributed by atoms with Crippen molar-refractivity contribution in [3.63, 3.8) is 0 Å². The molecular weight excluding hydrogens is 325 g/mol. The standard InChI is InChI=1S/C17H15F3O4/c1-3-23-16(21)13-9-8-11(10-15(13)22-2)12-6-4-5-7-14(12)24-17(18,19)20/h4-10H,3H2,1-2H3. The number of para-hydroxylation sites is 1. The van der Waals surface area contributed by atoms with Gasteiger partial charge in [-0.2, -0.15) is 0 Å². The predicted molar refractivity (Wildman–Crippen MR) is 81.1 cm³/mol. The summed E-state index contributed by atoms with van der Waals surface area (Å²) in [6, 6.07) is 10.1. The van der Waals surface area contributed by atoms with Crippen molar-refractivity contribution < 1.29 is 32.2 Å². The van der Waals surface area contributed by atoms with E-state index in [9.17, 15) is 18.0 Å². The Morgan fingerprint density at radius 2 is 1.79 bits per heavy atom. The molecule has 2 aromatic rings. The van der Waals surface area contributed by atoms with Crippen molar-refractivity contribution in [3.05, 3.63) is 48.0 Å². The van der Waals surface area contributed by atoms with E-state index < -0.39 is 12.3 Å². The van der Waals surface area contributed by atoms with Gasteiger partial charge in [0.1, 0.15) is 17.1 Å². The minimum Gasteiger partial charge on any atom is -0.496 e. The Morgan fingerprint density at radius 1 is 1.08 bits per heavy atom. The zero-order valence-corrected chi connectivity index (χ0v) is 13.0. The molecule has 0 saturated carbocycles. The molecule has 0 atom stereocenters. The number of carbonyl (C=O) groups excluding carboxylic acids is 1. The molecule has 0 fully saturated rings. The van der Waals surface area contributed by atoms with E-state index in [4.69, 9.17) is 9.47 Å². The molecule has 0 aromatic heterocycles. The highest BCUT2D eigenvalue weighted by atomic mass is 19.4. The number of benzene rings is 2. The molecule has 0 radical (unpaired) electrons. The summed E-state index contributed by atoms with van der Waals surface area (Å²) in [5.74, 6) is -0.704. The molecule has 0 N–H and O–H groups in total. The van der Waals surface area contributed by atoms with Crippen LogP contribution in [0.1, 0.15) is 17.3 Å². The topological polar surface area (TPSA) is 44.8 Å². The molecule has 0 spiro atoms. The van der Waals surface area contributed by atoms with E-state index >= 15 is 0 Å². The first kappa shape index (κ1) is 17.7. The average molecular weight is 340 g/mol. The molecule has 24 heavy (non-hydrogen) atoms. The van der Waals surface area contributed by atoms with Crippen LogP contribution in [0.4, 0.5) is 13.2 Å². The first-order valence-corrected chi connectivity index (χ1v) is 7.06. The number of carbonyl (C=O) groups is 1. The summed E-state index contributed by atoms with van der Waals surface area (Å²) in [6.07, 6.45) is -4.80. The van der Waals surface area contributed by atoms with Crippen LogP contribution in [-0.2, 0) is 4.74 Å². The fourth-order valence-corrected chi connectivity index (χ4v) is 2.16. The van der Waals surface area contributed by atoms with Gasteiger partial charge in [0.2, 0.25) is 0 Å². The van der Waals surface area contributed by atoms with Gasteiger partial charge in [0.25, 0.3) is 0 Å². The van der Waals surface area contributed by atoms with E-state index in [1.54, 1.807) is 13.0 Å². The lowest BCUT2D eigenvalue weighted by atomic mass is 10.0. The fraction of sp³-hybridized carbons (Fsp3) is 0.235. The molecule has 0 aliphatic heterocycles. The highest BCUT2D eigenvalue weighted by Gasteiger charge is 2.32. The van der Waals surface area contributed by atoms with Crippen LogP contribution >= 0.6 is 0 Å². The number of hydrogen-bond acceptors (Lipinski definition) is 4. The monoisotopic (exact) mass is 340 g/mol. The minimum absolute atomic E-state index is 0.192. The zero-order valence-electron chi connectivity index (χ0n) is 13.0. The van der Waals surface area contributed by atoms with Crippen LogP contribution in [0.25, 0.3) is 11.1 Å². The van der Waals surface area contributed by atoms with Gasteiger partial charge in [-0.3, -0.25) is 0 Å². The van der Waals surface area contributed by atoms with Crippen LogP contribution in [0.2, 0.25) is 0 Å². The highest BCUT2D eigenvalue weighted by Crippen LogP contribution is 2.36. The number of methoxy groups -OCH3 is 1. The van der Waals surface area contributed by atoms with E-state index in [1.165, 1.54) is 43.5 Å². The molecule has 0 heterocycles. The Hall–Kier alpha value is -2.70. The summed E-state index contributed by atoms with van der Waals surface area (Å²) in [4.78, 5) is 11.9. The molecule has 0 aliphatic carbocycles.